The van der Waals surface area contributed by atoms with Gasteiger partial charge < -0.3 is 9.73 Å². The van der Waals surface area contributed by atoms with Gasteiger partial charge in [0.25, 0.3) is 11.8 Å². The molecular weight excluding hydrogens is 424 g/mol. The van der Waals surface area contributed by atoms with Crippen molar-refractivity contribution in [1.29, 1.82) is 0 Å². The highest BCUT2D eigenvalue weighted by Crippen LogP contribution is 2.32. The van der Waals surface area contributed by atoms with Gasteiger partial charge in [-0.1, -0.05) is 36.1 Å². The lowest BCUT2D eigenvalue weighted by Crippen LogP contribution is -2.27. The number of carbonyl (C=O) groups excluding carboxylic acids is 2. The Morgan fingerprint density at radius 1 is 1.32 bits per heavy atom. The smallest absolute Gasteiger partial charge is 0.291 e. The van der Waals surface area contributed by atoms with Crippen LogP contribution in [-0.4, -0.2) is 27.6 Å². The predicted octanol–water partition coefficient (Wildman–Crippen LogP) is 4.52. The second kappa shape index (κ2) is 7.55. The molecule has 0 aliphatic carbocycles. The molecule has 3 rings (SSSR count). The zero-order chi connectivity index (χ0) is 18.0. The number of furan rings is 1. The number of nitrogens with zero attached hydrogens (tertiary/aromatic N) is 1. The van der Waals surface area contributed by atoms with Gasteiger partial charge in [0.05, 0.1) is 4.91 Å². The van der Waals surface area contributed by atoms with Crippen molar-refractivity contribution in [3.63, 3.8) is 0 Å². The van der Waals surface area contributed by atoms with Crippen molar-refractivity contribution in [3.05, 3.63) is 57.3 Å². The number of rotatable bonds is 4. The third-order valence-electron chi connectivity index (χ3n) is 3.45. The van der Waals surface area contributed by atoms with Gasteiger partial charge in [-0.05, 0) is 58.8 Å². The molecule has 5 nitrogen and oxygen atoms in total. The summed E-state index contributed by atoms with van der Waals surface area (Å²) < 4.78 is 6.28. The highest BCUT2D eigenvalue weighted by atomic mass is 79.9. The minimum Gasteiger partial charge on any atom is -0.444 e. The van der Waals surface area contributed by atoms with Gasteiger partial charge in [0.2, 0.25) is 0 Å². The highest BCUT2D eigenvalue weighted by molar-refractivity contribution is 9.10. The van der Waals surface area contributed by atoms with Crippen LogP contribution < -0.4 is 5.32 Å². The van der Waals surface area contributed by atoms with Crippen LogP contribution >= 0.6 is 39.9 Å². The van der Waals surface area contributed by atoms with Crippen molar-refractivity contribution in [2.45, 2.75) is 6.92 Å². The molecule has 1 saturated heterocycles. The molecule has 1 aliphatic heterocycles. The van der Waals surface area contributed by atoms with Gasteiger partial charge in [-0.25, -0.2) is 0 Å². The highest BCUT2D eigenvalue weighted by Gasteiger charge is 2.30. The van der Waals surface area contributed by atoms with Crippen molar-refractivity contribution in [1.82, 2.24) is 4.90 Å². The minimum atomic E-state index is -0.331. The number of nitrogens with one attached hydrogen (secondary N) is 1. The van der Waals surface area contributed by atoms with Crippen LogP contribution in [0.3, 0.4) is 0 Å². The molecule has 8 heteroatoms. The van der Waals surface area contributed by atoms with Crippen molar-refractivity contribution >= 4 is 67.8 Å². The van der Waals surface area contributed by atoms with E-state index < -0.39 is 0 Å². The molecule has 2 heterocycles. The number of thiocarbonyl (C=S) groups is 1. The van der Waals surface area contributed by atoms with Crippen molar-refractivity contribution in [3.8, 4) is 0 Å². The molecule has 1 fully saturated rings. The van der Waals surface area contributed by atoms with Gasteiger partial charge in [0, 0.05) is 12.2 Å². The first kappa shape index (κ1) is 17.9. The number of hydrogen-bond acceptors (Lipinski definition) is 5. The molecule has 25 heavy (non-hydrogen) atoms. The van der Waals surface area contributed by atoms with Gasteiger partial charge in [-0.15, -0.1) is 0 Å². The Hall–Kier alpha value is -1.90. The molecule has 1 N–H and O–H groups in total. The van der Waals surface area contributed by atoms with Gasteiger partial charge in [0.15, 0.2) is 10.4 Å². The number of likely N-dealkylation sites (N-methyl/N-ethyl adjacent to an activating group) is 1. The van der Waals surface area contributed by atoms with Crippen LogP contribution in [0.25, 0.3) is 6.08 Å². The first-order valence-electron chi connectivity index (χ1n) is 7.40. The van der Waals surface area contributed by atoms with Crippen LogP contribution in [0.2, 0.25) is 0 Å². The van der Waals surface area contributed by atoms with E-state index in [2.05, 4.69) is 21.2 Å². The maximum Gasteiger partial charge on any atom is 0.291 e. The summed E-state index contributed by atoms with van der Waals surface area (Å²) in [6.45, 7) is 2.46. The molecule has 128 valence electrons. The molecule has 0 unspecified atom stereocenters. The summed E-state index contributed by atoms with van der Waals surface area (Å²) in [6.07, 6.45) is 1.80. The van der Waals surface area contributed by atoms with Crippen LogP contribution in [0, 0.1) is 0 Å². The number of hydrogen-bond donors (Lipinski definition) is 1. The lowest BCUT2D eigenvalue weighted by molar-refractivity contribution is -0.121. The summed E-state index contributed by atoms with van der Waals surface area (Å²) in [4.78, 5) is 26.4. The molecule has 2 amide bonds. The Morgan fingerprint density at radius 3 is 2.60 bits per heavy atom. The minimum absolute atomic E-state index is 0.0710. The first-order chi connectivity index (χ1) is 12.0. The van der Waals surface area contributed by atoms with Crippen LogP contribution in [-0.2, 0) is 4.79 Å². The SMILES string of the molecule is CCN1C(=O)C(=Cc2ccc(NC(=O)c3ccc(Br)o3)cc2)SC1=S. The second-order valence-corrected chi connectivity index (χ2v) is 7.56. The summed E-state index contributed by atoms with van der Waals surface area (Å²) in [5.41, 5.74) is 1.49. The summed E-state index contributed by atoms with van der Waals surface area (Å²) in [7, 11) is 0. The van der Waals surface area contributed by atoms with Crippen molar-refractivity contribution in [2.75, 3.05) is 11.9 Å². The number of carbonyl (C=O) groups is 2. The molecule has 0 bridgehead atoms. The predicted molar refractivity (Wildman–Crippen MR) is 106 cm³/mol. The maximum absolute atomic E-state index is 12.2. The number of amides is 2. The molecule has 1 aromatic carbocycles. The van der Waals surface area contributed by atoms with Gasteiger partial charge in [-0.2, -0.15) is 0 Å². The fraction of sp³-hybridized carbons (Fsp3) is 0.118. The van der Waals surface area contributed by atoms with Crippen molar-refractivity contribution < 1.29 is 14.0 Å². The average Bonchev–Trinajstić information content (AvgIpc) is 3.13. The van der Waals surface area contributed by atoms with E-state index in [9.17, 15) is 9.59 Å². The van der Waals surface area contributed by atoms with Crippen LogP contribution in [0.1, 0.15) is 23.0 Å². The third-order valence-corrected chi connectivity index (χ3v) is 5.26. The summed E-state index contributed by atoms with van der Waals surface area (Å²) in [5.74, 6) is -0.181. The average molecular weight is 437 g/mol. The van der Waals surface area contributed by atoms with Gasteiger partial charge in [0.1, 0.15) is 4.32 Å². The topological polar surface area (TPSA) is 62.6 Å². The lowest BCUT2D eigenvalue weighted by atomic mass is 10.2. The molecule has 1 aromatic heterocycles. The number of benzene rings is 1. The fourth-order valence-electron chi connectivity index (χ4n) is 2.22. The molecule has 0 saturated carbocycles. The van der Waals surface area contributed by atoms with E-state index in [-0.39, 0.29) is 17.6 Å². The monoisotopic (exact) mass is 436 g/mol. The number of halogens is 1. The number of anilines is 1. The van der Waals surface area contributed by atoms with Crippen LogP contribution in [0.4, 0.5) is 5.69 Å². The second-order valence-electron chi connectivity index (χ2n) is 5.11. The normalized spacial score (nSPS) is 15.9. The quantitative estimate of drug-likeness (QED) is 0.563. The van der Waals surface area contributed by atoms with E-state index in [1.807, 2.05) is 19.1 Å². The Bertz CT molecular complexity index is 874. The molecule has 0 spiro atoms. The zero-order valence-corrected chi connectivity index (χ0v) is 16.3. The molecular formula is C17H13BrN2O3S2. The summed E-state index contributed by atoms with van der Waals surface area (Å²) in [5, 5.41) is 2.75. The molecule has 0 radical (unpaired) electrons. The van der Waals surface area contributed by atoms with E-state index in [1.54, 1.807) is 35.2 Å². The van der Waals surface area contributed by atoms with Crippen molar-refractivity contribution in [2.24, 2.45) is 0 Å². The fourth-order valence-corrected chi connectivity index (χ4v) is 3.91. The summed E-state index contributed by atoms with van der Waals surface area (Å²) >= 11 is 9.65. The Balaban J connectivity index is 1.70. The van der Waals surface area contributed by atoms with Gasteiger partial charge >= 0.3 is 0 Å². The molecule has 0 atom stereocenters. The Morgan fingerprint density at radius 2 is 2.04 bits per heavy atom. The Kier molecular flexibility index (Phi) is 5.41. The van der Waals surface area contributed by atoms with Gasteiger partial charge in [-0.3, -0.25) is 14.5 Å². The summed E-state index contributed by atoms with van der Waals surface area (Å²) in [6, 6.07) is 10.4. The zero-order valence-electron chi connectivity index (χ0n) is 13.1. The van der Waals surface area contributed by atoms with E-state index in [0.717, 1.165) is 5.56 Å². The Labute approximate surface area is 162 Å². The van der Waals surface area contributed by atoms with E-state index in [1.165, 1.54) is 11.8 Å². The van der Waals surface area contributed by atoms with E-state index in [0.29, 0.717) is 26.1 Å². The largest absolute Gasteiger partial charge is 0.444 e. The molecule has 2 aromatic rings. The van der Waals surface area contributed by atoms with Crippen LogP contribution in [0.15, 0.2) is 50.4 Å². The van der Waals surface area contributed by atoms with E-state index >= 15 is 0 Å². The first-order valence-corrected chi connectivity index (χ1v) is 9.42. The third kappa shape index (κ3) is 4.02. The van der Waals surface area contributed by atoms with Crippen LogP contribution in [0.5, 0.6) is 0 Å². The standard InChI is InChI=1S/C17H13BrN2O3S2/c1-2-20-16(22)13(25-17(20)24)9-10-3-5-11(6-4-10)19-15(21)12-7-8-14(18)23-12/h3-9H,2H2,1H3,(H,19,21). The molecule has 1 aliphatic rings. The number of thioether (sulfide) groups is 1. The lowest BCUT2D eigenvalue weighted by Gasteiger charge is -2.09. The maximum atomic E-state index is 12.2. The van der Waals surface area contributed by atoms with E-state index in [4.69, 9.17) is 16.6 Å².